The fourth-order valence-electron chi connectivity index (χ4n) is 5.54. The van der Waals surface area contributed by atoms with Gasteiger partial charge in [-0.2, -0.15) is 0 Å². The molecule has 1 aromatic rings. The van der Waals surface area contributed by atoms with Crippen LogP contribution in [0.5, 0.6) is 0 Å². The number of nitrogens with one attached hydrogen (secondary N) is 1. The third kappa shape index (κ3) is 3.34. The van der Waals surface area contributed by atoms with Gasteiger partial charge in [-0.3, -0.25) is 9.59 Å². The lowest BCUT2D eigenvalue weighted by molar-refractivity contribution is -0.129. The van der Waals surface area contributed by atoms with Gasteiger partial charge in [-0.25, -0.2) is 0 Å². The quantitative estimate of drug-likeness (QED) is 0.869. The molecule has 1 atom stereocenters. The molecule has 5 heteroatoms. The van der Waals surface area contributed by atoms with Gasteiger partial charge in [0, 0.05) is 44.3 Å². The van der Waals surface area contributed by atoms with E-state index in [0.717, 1.165) is 43.2 Å². The zero-order valence-corrected chi connectivity index (χ0v) is 17.2. The highest BCUT2D eigenvalue weighted by molar-refractivity contribution is 6.10. The van der Waals surface area contributed by atoms with Crippen molar-refractivity contribution < 1.29 is 9.59 Å². The number of nitrogens with zero attached hydrogens (tertiary/aromatic N) is 2. The van der Waals surface area contributed by atoms with Crippen molar-refractivity contribution in [3.05, 3.63) is 29.8 Å². The van der Waals surface area contributed by atoms with Crippen molar-refractivity contribution in [1.82, 2.24) is 10.2 Å². The van der Waals surface area contributed by atoms with Crippen LogP contribution < -0.4 is 10.2 Å². The summed E-state index contributed by atoms with van der Waals surface area (Å²) in [6.07, 6.45) is 9.02. The predicted molar refractivity (Wildman–Crippen MR) is 111 cm³/mol. The van der Waals surface area contributed by atoms with Gasteiger partial charge in [-0.1, -0.05) is 37.5 Å². The third-order valence-corrected chi connectivity index (χ3v) is 7.20. The number of hydrogen-bond acceptors (Lipinski definition) is 3. The molecule has 1 aromatic carbocycles. The molecule has 0 spiro atoms. The summed E-state index contributed by atoms with van der Waals surface area (Å²) in [5.74, 6) is 0.00744. The first-order valence-corrected chi connectivity index (χ1v) is 10.9. The number of piperidine rings is 1. The minimum Gasteiger partial charge on any atom is -0.359 e. The van der Waals surface area contributed by atoms with Crippen molar-refractivity contribution in [2.24, 2.45) is 0 Å². The van der Waals surface area contributed by atoms with Crippen LogP contribution in [0.1, 0.15) is 63.9 Å². The number of amides is 2. The standard InChI is InChI=1S/C23H33N3O2/c1-23(16-21(27)24-2)19-10-6-7-11-20(19)26(22(23)28)18-12-14-25(15-13-18)17-8-4-3-5-9-17/h6-7,10-11,17-18H,3-5,8-9,12-16H2,1-2H3,(H,24,27). The summed E-state index contributed by atoms with van der Waals surface area (Å²) in [7, 11) is 1.63. The van der Waals surface area contributed by atoms with E-state index < -0.39 is 5.41 Å². The molecule has 1 saturated carbocycles. The number of rotatable bonds is 4. The summed E-state index contributed by atoms with van der Waals surface area (Å²) >= 11 is 0. The van der Waals surface area contributed by atoms with Gasteiger partial charge in [0.1, 0.15) is 0 Å². The first kappa shape index (κ1) is 19.4. The predicted octanol–water partition coefficient (Wildman–Crippen LogP) is 3.22. The second kappa shape index (κ2) is 7.86. The van der Waals surface area contributed by atoms with Gasteiger partial charge in [-0.05, 0) is 44.2 Å². The van der Waals surface area contributed by atoms with Crippen LogP contribution in [0.4, 0.5) is 5.69 Å². The Morgan fingerprint density at radius 2 is 1.75 bits per heavy atom. The zero-order valence-electron chi connectivity index (χ0n) is 17.2. The number of likely N-dealkylation sites (tertiary alicyclic amines) is 1. The average molecular weight is 384 g/mol. The van der Waals surface area contributed by atoms with Crippen LogP contribution in [0, 0.1) is 0 Å². The lowest BCUT2D eigenvalue weighted by Crippen LogP contribution is -2.51. The summed E-state index contributed by atoms with van der Waals surface area (Å²) < 4.78 is 0. The van der Waals surface area contributed by atoms with E-state index in [1.807, 2.05) is 30.0 Å². The van der Waals surface area contributed by atoms with Gasteiger partial charge in [0.2, 0.25) is 11.8 Å². The Morgan fingerprint density at radius 3 is 2.43 bits per heavy atom. The maximum atomic E-state index is 13.6. The molecule has 1 saturated heterocycles. The summed E-state index contributed by atoms with van der Waals surface area (Å²) in [6, 6.07) is 9.03. The van der Waals surface area contributed by atoms with Crippen molar-refractivity contribution in [1.29, 1.82) is 0 Å². The lowest BCUT2D eigenvalue weighted by Gasteiger charge is -2.42. The summed E-state index contributed by atoms with van der Waals surface area (Å²) in [5, 5.41) is 2.69. The van der Waals surface area contributed by atoms with Crippen LogP contribution in [-0.2, 0) is 15.0 Å². The number of anilines is 1. The first-order chi connectivity index (χ1) is 13.5. The summed E-state index contributed by atoms with van der Waals surface area (Å²) in [5.41, 5.74) is 1.24. The highest BCUT2D eigenvalue weighted by atomic mass is 16.2. The van der Waals surface area contributed by atoms with Gasteiger partial charge in [-0.15, -0.1) is 0 Å². The number of fused-ring (bicyclic) bond motifs is 1. The molecule has 2 aliphatic heterocycles. The Balaban J connectivity index is 1.52. The average Bonchev–Trinajstić information content (AvgIpc) is 2.96. The highest BCUT2D eigenvalue weighted by Gasteiger charge is 2.50. The number of hydrogen-bond donors (Lipinski definition) is 1. The molecule has 0 radical (unpaired) electrons. The van der Waals surface area contributed by atoms with Crippen molar-refractivity contribution in [3.8, 4) is 0 Å². The molecule has 0 aromatic heterocycles. The van der Waals surface area contributed by atoms with Crippen LogP contribution in [0.3, 0.4) is 0 Å². The van der Waals surface area contributed by atoms with E-state index in [1.165, 1.54) is 32.1 Å². The monoisotopic (exact) mass is 383 g/mol. The topological polar surface area (TPSA) is 52.7 Å². The first-order valence-electron chi connectivity index (χ1n) is 10.9. The van der Waals surface area contributed by atoms with E-state index in [1.54, 1.807) is 7.05 Å². The van der Waals surface area contributed by atoms with E-state index in [2.05, 4.69) is 16.3 Å². The van der Waals surface area contributed by atoms with E-state index in [-0.39, 0.29) is 24.3 Å². The SMILES string of the molecule is CNC(=O)CC1(C)C(=O)N(C2CCN(C3CCCCC3)CC2)c2ccccc21. The summed E-state index contributed by atoms with van der Waals surface area (Å²) in [6.45, 7) is 4.08. The minimum atomic E-state index is -0.767. The van der Waals surface area contributed by atoms with Crippen molar-refractivity contribution in [2.45, 2.75) is 75.8 Å². The van der Waals surface area contributed by atoms with Gasteiger partial charge in [0.05, 0.1) is 5.41 Å². The van der Waals surface area contributed by atoms with Gasteiger partial charge >= 0.3 is 0 Å². The molecule has 1 unspecified atom stereocenters. The van der Waals surface area contributed by atoms with Crippen LogP contribution in [0.25, 0.3) is 0 Å². The second-order valence-electron chi connectivity index (χ2n) is 8.93. The fourth-order valence-corrected chi connectivity index (χ4v) is 5.54. The molecule has 2 amide bonds. The second-order valence-corrected chi connectivity index (χ2v) is 8.93. The van der Waals surface area contributed by atoms with Gasteiger partial charge in [0.15, 0.2) is 0 Å². The Kier molecular flexibility index (Phi) is 5.46. The van der Waals surface area contributed by atoms with Gasteiger partial charge < -0.3 is 15.1 Å². The molecule has 2 heterocycles. The van der Waals surface area contributed by atoms with Crippen LogP contribution in [-0.4, -0.2) is 48.9 Å². The number of carbonyl (C=O) groups excluding carboxylic acids is 2. The molecule has 1 N–H and O–H groups in total. The molecule has 5 nitrogen and oxygen atoms in total. The maximum Gasteiger partial charge on any atom is 0.238 e. The van der Waals surface area contributed by atoms with Crippen LogP contribution in [0.2, 0.25) is 0 Å². The Morgan fingerprint density at radius 1 is 1.07 bits per heavy atom. The molecule has 4 rings (SSSR count). The fraction of sp³-hybridized carbons (Fsp3) is 0.652. The molecule has 28 heavy (non-hydrogen) atoms. The Labute approximate surface area is 168 Å². The molecule has 3 aliphatic rings. The third-order valence-electron chi connectivity index (χ3n) is 7.20. The molecule has 0 bridgehead atoms. The van der Waals surface area contributed by atoms with E-state index in [9.17, 15) is 9.59 Å². The molecular weight excluding hydrogens is 350 g/mol. The van der Waals surface area contributed by atoms with Crippen LogP contribution >= 0.6 is 0 Å². The van der Waals surface area contributed by atoms with Gasteiger partial charge in [0.25, 0.3) is 0 Å². The smallest absolute Gasteiger partial charge is 0.238 e. The van der Waals surface area contributed by atoms with E-state index in [4.69, 9.17) is 0 Å². The van der Waals surface area contributed by atoms with Crippen LogP contribution in [0.15, 0.2) is 24.3 Å². The van der Waals surface area contributed by atoms with Crippen molar-refractivity contribution in [2.75, 3.05) is 25.0 Å². The molecule has 1 aliphatic carbocycles. The highest BCUT2D eigenvalue weighted by Crippen LogP contribution is 2.46. The Bertz CT molecular complexity index is 735. The number of benzene rings is 1. The molecule has 152 valence electrons. The number of carbonyl (C=O) groups is 2. The largest absolute Gasteiger partial charge is 0.359 e. The normalized spacial score (nSPS) is 27.1. The molecule has 2 fully saturated rings. The minimum absolute atomic E-state index is 0.0837. The lowest BCUT2D eigenvalue weighted by atomic mass is 9.80. The van der Waals surface area contributed by atoms with E-state index >= 15 is 0 Å². The summed E-state index contributed by atoms with van der Waals surface area (Å²) in [4.78, 5) is 30.4. The maximum absolute atomic E-state index is 13.6. The number of para-hydroxylation sites is 1. The van der Waals surface area contributed by atoms with Crippen molar-refractivity contribution >= 4 is 17.5 Å². The van der Waals surface area contributed by atoms with E-state index in [0.29, 0.717) is 0 Å². The van der Waals surface area contributed by atoms with Crippen molar-refractivity contribution in [3.63, 3.8) is 0 Å². The molecular formula is C23H33N3O2. The Hall–Kier alpha value is -1.88. The zero-order chi connectivity index (χ0) is 19.7.